The van der Waals surface area contributed by atoms with Crippen molar-refractivity contribution in [3.8, 4) is 0 Å². The molecule has 1 aromatic rings. The summed E-state index contributed by atoms with van der Waals surface area (Å²) >= 11 is 0. The SMILES string of the molecule is CC(C)(C)OC(=O)C[C@H](NC(=O)Cc1ccn[nH]1)C(=O)O. The van der Waals surface area contributed by atoms with Crippen molar-refractivity contribution in [2.45, 2.75) is 45.3 Å². The largest absolute Gasteiger partial charge is 0.480 e. The molecule has 0 unspecified atom stereocenters. The van der Waals surface area contributed by atoms with E-state index in [1.165, 1.54) is 6.20 Å². The molecule has 0 fully saturated rings. The third-order valence-electron chi connectivity index (χ3n) is 2.33. The molecule has 0 saturated heterocycles. The van der Waals surface area contributed by atoms with E-state index in [0.717, 1.165) is 0 Å². The number of nitrogens with zero attached hydrogens (tertiary/aromatic N) is 1. The number of carbonyl (C=O) groups excluding carboxylic acids is 2. The van der Waals surface area contributed by atoms with Crippen molar-refractivity contribution in [3.63, 3.8) is 0 Å². The summed E-state index contributed by atoms with van der Waals surface area (Å²) in [5, 5.41) is 17.6. The van der Waals surface area contributed by atoms with Crippen LogP contribution in [0.4, 0.5) is 0 Å². The fourth-order valence-corrected chi connectivity index (χ4v) is 1.55. The van der Waals surface area contributed by atoms with Crippen molar-refractivity contribution in [2.24, 2.45) is 0 Å². The molecule has 8 nitrogen and oxygen atoms in total. The lowest BCUT2D eigenvalue weighted by atomic mass is 10.1. The normalized spacial score (nSPS) is 12.5. The van der Waals surface area contributed by atoms with Crippen LogP contribution in [0.2, 0.25) is 0 Å². The van der Waals surface area contributed by atoms with Crippen molar-refractivity contribution in [2.75, 3.05) is 0 Å². The lowest BCUT2D eigenvalue weighted by Crippen LogP contribution is -2.43. The van der Waals surface area contributed by atoms with Gasteiger partial charge in [-0.25, -0.2) is 4.79 Å². The van der Waals surface area contributed by atoms with Gasteiger partial charge >= 0.3 is 11.9 Å². The number of carbonyl (C=O) groups is 3. The molecule has 0 bridgehead atoms. The Hall–Kier alpha value is -2.38. The molecule has 0 aromatic carbocycles. The molecule has 3 N–H and O–H groups in total. The smallest absolute Gasteiger partial charge is 0.326 e. The number of aromatic nitrogens is 2. The third kappa shape index (κ3) is 6.55. The molecule has 1 heterocycles. The fraction of sp³-hybridized carbons (Fsp3) is 0.538. The molecule has 0 aliphatic rings. The average Bonchev–Trinajstić information content (AvgIpc) is 2.77. The number of rotatable bonds is 6. The summed E-state index contributed by atoms with van der Waals surface area (Å²) in [6, 6.07) is 0.277. The number of hydrogen-bond donors (Lipinski definition) is 3. The predicted octanol–water partition coefficient (Wildman–Crippen LogP) is 0.253. The molecule has 21 heavy (non-hydrogen) atoms. The highest BCUT2D eigenvalue weighted by Gasteiger charge is 2.26. The van der Waals surface area contributed by atoms with Crippen LogP contribution in [0.1, 0.15) is 32.9 Å². The second-order valence-corrected chi connectivity index (χ2v) is 5.51. The summed E-state index contributed by atoms with van der Waals surface area (Å²) in [7, 11) is 0. The first-order valence-corrected chi connectivity index (χ1v) is 6.39. The predicted molar refractivity (Wildman–Crippen MR) is 72.3 cm³/mol. The minimum absolute atomic E-state index is 0.0436. The van der Waals surface area contributed by atoms with Gasteiger partial charge in [-0.3, -0.25) is 14.7 Å². The van der Waals surface area contributed by atoms with Crippen LogP contribution in [0, 0.1) is 0 Å². The van der Waals surface area contributed by atoms with E-state index in [-0.39, 0.29) is 6.42 Å². The van der Waals surface area contributed by atoms with Gasteiger partial charge < -0.3 is 15.2 Å². The molecular formula is C13H19N3O5. The zero-order chi connectivity index (χ0) is 16.0. The van der Waals surface area contributed by atoms with Crippen LogP contribution in [0.3, 0.4) is 0 Å². The highest BCUT2D eigenvalue weighted by atomic mass is 16.6. The van der Waals surface area contributed by atoms with Gasteiger partial charge in [0.05, 0.1) is 12.8 Å². The van der Waals surface area contributed by atoms with Crippen molar-refractivity contribution in [1.82, 2.24) is 15.5 Å². The molecule has 116 valence electrons. The Kier molecular flexibility index (Phi) is 5.45. The summed E-state index contributed by atoms with van der Waals surface area (Å²) < 4.78 is 5.04. The Morgan fingerprint density at radius 3 is 2.57 bits per heavy atom. The van der Waals surface area contributed by atoms with Gasteiger partial charge in [-0.05, 0) is 26.8 Å². The molecule has 0 aliphatic carbocycles. The van der Waals surface area contributed by atoms with E-state index in [2.05, 4.69) is 15.5 Å². The third-order valence-corrected chi connectivity index (χ3v) is 2.33. The average molecular weight is 297 g/mol. The molecule has 1 atom stereocenters. The van der Waals surface area contributed by atoms with Crippen LogP contribution in [-0.2, 0) is 25.5 Å². The number of nitrogens with one attached hydrogen (secondary N) is 2. The maximum atomic E-state index is 11.7. The fourth-order valence-electron chi connectivity index (χ4n) is 1.55. The van der Waals surface area contributed by atoms with Crippen molar-refractivity contribution in [3.05, 3.63) is 18.0 Å². The Bertz CT molecular complexity index is 504. The van der Waals surface area contributed by atoms with Crippen molar-refractivity contribution in [1.29, 1.82) is 0 Å². The number of esters is 1. The summed E-state index contributed by atoms with van der Waals surface area (Å²) in [5.74, 6) is -2.49. The molecule has 1 amide bonds. The van der Waals surface area contributed by atoms with Crippen molar-refractivity contribution >= 4 is 17.8 Å². The quantitative estimate of drug-likeness (QED) is 0.647. The van der Waals surface area contributed by atoms with E-state index >= 15 is 0 Å². The first-order valence-electron chi connectivity index (χ1n) is 6.39. The second kappa shape index (κ2) is 6.87. The first-order chi connectivity index (χ1) is 9.67. The topological polar surface area (TPSA) is 121 Å². The van der Waals surface area contributed by atoms with E-state index in [4.69, 9.17) is 9.84 Å². The maximum Gasteiger partial charge on any atom is 0.326 e. The van der Waals surface area contributed by atoms with E-state index < -0.39 is 35.9 Å². The summed E-state index contributed by atoms with van der Waals surface area (Å²) in [6.45, 7) is 5.03. The standard InChI is InChI=1S/C13H19N3O5/c1-13(2,3)21-11(18)7-9(12(19)20)15-10(17)6-8-4-5-14-16-8/h4-5,9H,6-7H2,1-3H3,(H,14,16)(H,15,17)(H,19,20)/t9-/m0/s1. The van der Waals surface area contributed by atoms with E-state index in [1.807, 2.05) is 0 Å². The molecule has 0 radical (unpaired) electrons. The number of hydrogen-bond acceptors (Lipinski definition) is 5. The number of carboxylic acids is 1. The number of ether oxygens (including phenoxy) is 1. The van der Waals surface area contributed by atoms with Gasteiger partial charge in [-0.15, -0.1) is 0 Å². The number of amides is 1. The van der Waals surface area contributed by atoms with Gasteiger partial charge in [-0.1, -0.05) is 0 Å². The zero-order valence-corrected chi connectivity index (χ0v) is 12.2. The summed E-state index contributed by atoms with van der Waals surface area (Å²) in [5.41, 5.74) is -0.158. The zero-order valence-electron chi connectivity index (χ0n) is 12.2. The Balaban J connectivity index is 2.55. The lowest BCUT2D eigenvalue weighted by molar-refractivity contribution is -0.158. The van der Waals surface area contributed by atoms with Gasteiger partial charge in [0.25, 0.3) is 0 Å². The summed E-state index contributed by atoms with van der Waals surface area (Å²) in [4.78, 5) is 34.4. The van der Waals surface area contributed by atoms with Gasteiger partial charge in [0.1, 0.15) is 11.6 Å². The summed E-state index contributed by atoms with van der Waals surface area (Å²) in [6.07, 6.45) is 1.01. The first kappa shape index (κ1) is 16.7. The highest BCUT2D eigenvalue weighted by Crippen LogP contribution is 2.09. The van der Waals surface area contributed by atoms with Crippen LogP contribution in [-0.4, -0.2) is 44.8 Å². The second-order valence-electron chi connectivity index (χ2n) is 5.51. The van der Waals surface area contributed by atoms with E-state index in [9.17, 15) is 14.4 Å². The van der Waals surface area contributed by atoms with E-state index in [1.54, 1.807) is 26.8 Å². The van der Waals surface area contributed by atoms with Crippen molar-refractivity contribution < 1.29 is 24.2 Å². The number of H-pyrrole nitrogens is 1. The molecule has 8 heteroatoms. The minimum Gasteiger partial charge on any atom is -0.480 e. The van der Waals surface area contributed by atoms with Crippen LogP contribution in [0.25, 0.3) is 0 Å². The monoisotopic (exact) mass is 297 g/mol. The van der Waals surface area contributed by atoms with Gasteiger partial charge in [0.15, 0.2) is 0 Å². The molecule has 0 saturated carbocycles. The number of aliphatic carboxylic acids is 1. The molecular weight excluding hydrogens is 278 g/mol. The van der Waals surface area contributed by atoms with Gasteiger partial charge in [0, 0.05) is 11.9 Å². The molecule has 0 spiro atoms. The van der Waals surface area contributed by atoms with E-state index in [0.29, 0.717) is 5.69 Å². The Morgan fingerprint density at radius 2 is 2.10 bits per heavy atom. The molecule has 0 aliphatic heterocycles. The van der Waals surface area contributed by atoms with Gasteiger partial charge in [-0.2, -0.15) is 5.10 Å². The minimum atomic E-state index is -1.32. The van der Waals surface area contributed by atoms with Crippen LogP contribution < -0.4 is 5.32 Å². The molecule has 1 rings (SSSR count). The van der Waals surface area contributed by atoms with Gasteiger partial charge in [0.2, 0.25) is 5.91 Å². The highest BCUT2D eigenvalue weighted by molar-refractivity contribution is 5.87. The Morgan fingerprint density at radius 1 is 1.43 bits per heavy atom. The lowest BCUT2D eigenvalue weighted by Gasteiger charge is -2.21. The maximum absolute atomic E-state index is 11.7. The van der Waals surface area contributed by atoms with Crippen LogP contribution in [0.15, 0.2) is 12.3 Å². The Labute approximate surface area is 121 Å². The van der Waals surface area contributed by atoms with Crippen LogP contribution in [0.5, 0.6) is 0 Å². The number of aromatic amines is 1. The number of carboxylic acid groups (broad SMARTS) is 1. The van der Waals surface area contributed by atoms with Crippen LogP contribution >= 0.6 is 0 Å². The molecule has 1 aromatic heterocycles.